The van der Waals surface area contributed by atoms with E-state index in [-0.39, 0.29) is 19.8 Å². The summed E-state index contributed by atoms with van der Waals surface area (Å²) in [6.07, 6.45) is -4.77. The zero-order chi connectivity index (χ0) is 27.4. The lowest BCUT2D eigenvalue weighted by atomic mass is 9.98. The van der Waals surface area contributed by atoms with Crippen LogP contribution in [0.15, 0.2) is 121 Å². The van der Waals surface area contributed by atoms with Crippen molar-refractivity contribution in [1.29, 1.82) is 0 Å². The SMILES string of the molecule is F[C@H]1O[C@H](COCc2ccccc2)[C@@H](OCc2ccccc2)[C@H](OCc2ccccc2)[C@H]1OCc1ccccc1. The van der Waals surface area contributed by atoms with E-state index in [0.29, 0.717) is 13.2 Å². The number of alkyl halides is 1. The van der Waals surface area contributed by atoms with Crippen LogP contribution in [0.25, 0.3) is 0 Å². The topological polar surface area (TPSA) is 46.2 Å². The molecule has 0 amide bonds. The average molecular weight is 543 g/mol. The van der Waals surface area contributed by atoms with Crippen LogP contribution in [0.4, 0.5) is 4.39 Å². The Bertz CT molecular complexity index is 1240. The highest BCUT2D eigenvalue weighted by Crippen LogP contribution is 2.31. The van der Waals surface area contributed by atoms with Crippen LogP contribution in [0.1, 0.15) is 22.3 Å². The molecule has 0 radical (unpaired) electrons. The fraction of sp³-hybridized carbons (Fsp3) is 0.294. The molecule has 1 saturated heterocycles. The third kappa shape index (κ3) is 8.07. The molecule has 0 aromatic heterocycles. The Labute approximate surface area is 235 Å². The first-order chi connectivity index (χ1) is 19.8. The van der Waals surface area contributed by atoms with Crippen LogP contribution >= 0.6 is 0 Å². The Hall–Kier alpha value is -3.39. The fourth-order valence-electron chi connectivity index (χ4n) is 4.73. The van der Waals surface area contributed by atoms with Crippen molar-refractivity contribution in [3.8, 4) is 0 Å². The van der Waals surface area contributed by atoms with Gasteiger partial charge >= 0.3 is 0 Å². The summed E-state index contributed by atoms with van der Waals surface area (Å²) in [5, 5.41) is 0. The molecule has 0 bridgehead atoms. The van der Waals surface area contributed by atoms with Crippen molar-refractivity contribution >= 4 is 0 Å². The third-order valence-electron chi connectivity index (χ3n) is 6.83. The molecule has 5 rings (SSSR count). The highest BCUT2D eigenvalue weighted by Gasteiger charge is 2.48. The van der Waals surface area contributed by atoms with Gasteiger partial charge in [0.1, 0.15) is 24.4 Å². The standard InChI is InChI=1S/C34H35FO5/c35-34-33(39-24-29-19-11-4-12-20-29)32(38-23-28-17-9-3-10-18-28)31(37-22-27-15-7-2-8-16-27)30(40-34)25-36-21-26-13-5-1-6-14-26/h1-20,30-34H,21-25H2/t30-,31-,32+,33-,34+/m1/s1. The van der Waals surface area contributed by atoms with Gasteiger partial charge in [-0.15, -0.1) is 0 Å². The predicted octanol–water partition coefficient (Wildman–Crippen LogP) is 6.65. The van der Waals surface area contributed by atoms with E-state index in [0.717, 1.165) is 22.3 Å². The van der Waals surface area contributed by atoms with Crippen LogP contribution < -0.4 is 0 Å². The lowest BCUT2D eigenvalue weighted by Crippen LogP contribution is -2.60. The maximum atomic E-state index is 15.7. The molecule has 1 fully saturated rings. The molecule has 1 aliphatic rings. The van der Waals surface area contributed by atoms with Crippen molar-refractivity contribution in [2.45, 2.75) is 57.2 Å². The molecule has 1 heterocycles. The van der Waals surface area contributed by atoms with E-state index >= 15 is 4.39 Å². The molecular weight excluding hydrogens is 507 g/mol. The smallest absolute Gasteiger partial charge is 0.228 e. The fourth-order valence-corrected chi connectivity index (χ4v) is 4.73. The van der Waals surface area contributed by atoms with Gasteiger partial charge in [-0.25, -0.2) is 4.39 Å². The molecule has 208 valence electrons. The van der Waals surface area contributed by atoms with Gasteiger partial charge in [0.2, 0.25) is 6.36 Å². The van der Waals surface area contributed by atoms with Gasteiger partial charge in [-0.1, -0.05) is 121 Å². The van der Waals surface area contributed by atoms with Gasteiger partial charge in [0.05, 0.1) is 33.0 Å². The van der Waals surface area contributed by atoms with E-state index in [1.807, 2.05) is 121 Å². The number of halogens is 1. The van der Waals surface area contributed by atoms with Crippen LogP contribution in [0.5, 0.6) is 0 Å². The van der Waals surface area contributed by atoms with E-state index in [1.54, 1.807) is 0 Å². The summed E-state index contributed by atoms with van der Waals surface area (Å²) in [5.74, 6) is 0. The van der Waals surface area contributed by atoms with Gasteiger partial charge in [-0.3, -0.25) is 0 Å². The number of hydrogen-bond donors (Lipinski definition) is 0. The number of rotatable bonds is 13. The molecule has 6 heteroatoms. The second-order valence-corrected chi connectivity index (χ2v) is 9.81. The minimum atomic E-state index is -1.72. The minimum absolute atomic E-state index is 0.144. The zero-order valence-electron chi connectivity index (χ0n) is 22.4. The van der Waals surface area contributed by atoms with E-state index in [2.05, 4.69) is 0 Å². The monoisotopic (exact) mass is 542 g/mol. The first-order valence-electron chi connectivity index (χ1n) is 13.6. The van der Waals surface area contributed by atoms with Crippen molar-refractivity contribution in [3.05, 3.63) is 144 Å². The van der Waals surface area contributed by atoms with Crippen LogP contribution in [-0.2, 0) is 50.1 Å². The third-order valence-corrected chi connectivity index (χ3v) is 6.83. The van der Waals surface area contributed by atoms with Crippen LogP contribution in [0, 0.1) is 0 Å². The Morgan fingerprint density at radius 3 is 1.30 bits per heavy atom. The van der Waals surface area contributed by atoms with Gasteiger partial charge in [-0.05, 0) is 22.3 Å². The molecular formula is C34H35FO5. The van der Waals surface area contributed by atoms with E-state index in [4.69, 9.17) is 23.7 Å². The molecule has 0 N–H and O–H groups in total. The Kier molecular flexibility index (Phi) is 10.4. The summed E-state index contributed by atoms with van der Waals surface area (Å²) in [4.78, 5) is 0. The van der Waals surface area contributed by atoms with E-state index in [1.165, 1.54) is 0 Å². The Morgan fingerprint density at radius 1 is 0.475 bits per heavy atom. The molecule has 4 aromatic rings. The van der Waals surface area contributed by atoms with Crippen LogP contribution in [0.2, 0.25) is 0 Å². The summed E-state index contributed by atoms with van der Waals surface area (Å²) >= 11 is 0. The van der Waals surface area contributed by atoms with Gasteiger partial charge in [0.25, 0.3) is 0 Å². The quantitative estimate of drug-likeness (QED) is 0.189. The predicted molar refractivity (Wildman–Crippen MR) is 151 cm³/mol. The van der Waals surface area contributed by atoms with Crippen LogP contribution in [0.3, 0.4) is 0 Å². The molecule has 0 saturated carbocycles. The molecule has 0 unspecified atom stereocenters. The molecule has 5 atom stereocenters. The van der Waals surface area contributed by atoms with Gasteiger partial charge in [0, 0.05) is 0 Å². The lowest BCUT2D eigenvalue weighted by Gasteiger charge is -2.43. The Balaban J connectivity index is 1.36. The summed E-state index contributed by atoms with van der Waals surface area (Å²) in [7, 11) is 0. The van der Waals surface area contributed by atoms with Crippen molar-refractivity contribution < 1.29 is 28.1 Å². The molecule has 40 heavy (non-hydrogen) atoms. The first-order valence-corrected chi connectivity index (χ1v) is 13.6. The van der Waals surface area contributed by atoms with Crippen molar-refractivity contribution in [2.75, 3.05) is 6.61 Å². The number of ether oxygens (including phenoxy) is 5. The first kappa shape index (κ1) is 28.1. The maximum Gasteiger partial charge on any atom is 0.228 e. The lowest BCUT2D eigenvalue weighted by molar-refractivity contribution is -0.298. The number of hydrogen-bond acceptors (Lipinski definition) is 5. The zero-order valence-corrected chi connectivity index (χ0v) is 22.4. The van der Waals surface area contributed by atoms with E-state index < -0.39 is 30.8 Å². The summed E-state index contributed by atoms with van der Waals surface area (Å²) in [6.45, 7) is 1.35. The van der Waals surface area contributed by atoms with Gasteiger partial charge in [0.15, 0.2) is 0 Å². The van der Waals surface area contributed by atoms with Gasteiger partial charge in [-0.2, -0.15) is 0 Å². The normalized spacial score (nSPS) is 22.7. The highest BCUT2D eigenvalue weighted by atomic mass is 19.1. The molecule has 4 aromatic carbocycles. The summed E-state index contributed by atoms with van der Waals surface area (Å²) in [5.41, 5.74) is 3.94. The van der Waals surface area contributed by atoms with Crippen molar-refractivity contribution in [3.63, 3.8) is 0 Å². The van der Waals surface area contributed by atoms with Crippen molar-refractivity contribution in [2.24, 2.45) is 0 Å². The minimum Gasteiger partial charge on any atom is -0.374 e. The second-order valence-electron chi connectivity index (χ2n) is 9.81. The largest absolute Gasteiger partial charge is 0.374 e. The average Bonchev–Trinajstić information content (AvgIpc) is 3.01. The molecule has 0 aliphatic carbocycles. The van der Waals surface area contributed by atoms with E-state index in [9.17, 15) is 0 Å². The number of benzene rings is 4. The Morgan fingerprint density at radius 2 is 0.850 bits per heavy atom. The maximum absolute atomic E-state index is 15.7. The highest BCUT2D eigenvalue weighted by molar-refractivity contribution is 5.16. The molecule has 1 aliphatic heterocycles. The second kappa shape index (κ2) is 14.8. The van der Waals surface area contributed by atoms with Gasteiger partial charge < -0.3 is 23.7 Å². The summed E-state index contributed by atoms with van der Waals surface area (Å²) in [6, 6.07) is 39.2. The van der Waals surface area contributed by atoms with Crippen molar-refractivity contribution in [1.82, 2.24) is 0 Å². The van der Waals surface area contributed by atoms with Crippen LogP contribution in [-0.4, -0.2) is 37.4 Å². The molecule has 0 spiro atoms. The molecule has 5 nitrogen and oxygen atoms in total. The summed E-state index contributed by atoms with van der Waals surface area (Å²) < 4.78 is 46.6.